The molecule has 138 valence electrons. The van der Waals surface area contributed by atoms with Gasteiger partial charge in [-0.15, -0.1) is 0 Å². The first kappa shape index (κ1) is 19.6. The van der Waals surface area contributed by atoms with Crippen molar-refractivity contribution in [2.24, 2.45) is 10.7 Å². The van der Waals surface area contributed by atoms with Gasteiger partial charge in [-0.25, -0.2) is 0 Å². The zero-order valence-electron chi connectivity index (χ0n) is 14.8. The number of nitrogens with zero attached hydrogens (tertiary/aromatic N) is 1. The number of hydrogen-bond donors (Lipinski definition) is 3. The monoisotopic (exact) mass is 374 g/mol. The van der Waals surface area contributed by atoms with Crippen LogP contribution in [0.1, 0.15) is 24.1 Å². The molecule has 0 aliphatic heterocycles. The first-order valence-electron chi connectivity index (χ1n) is 8.21. The molecule has 0 saturated carbocycles. The number of ether oxygens (including phenoxy) is 1. The number of guanidine groups is 1. The van der Waals surface area contributed by atoms with Crippen LogP contribution < -0.4 is 21.1 Å². The molecule has 0 fully saturated rings. The van der Waals surface area contributed by atoms with Crippen LogP contribution in [0.4, 0.5) is 0 Å². The van der Waals surface area contributed by atoms with E-state index in [2.05, 4.69) is 15.6 Å². The summed E-state index contributed by atoms with van der Waals surface area (Å²) in [7, 11) is 1.71. The molecule has 1 unspecified atom stereocenters. The maximum absolute atomic E-state index is 10.8. The third kappa shape index (κ3) is 5.97. The number of benzene rings is 2. The Morgan fingerprint density at radius 3 is 2.73 bits per heavy atom. The fourth-order valence-electron chi connectivity index (χ4n) is 2.39. The van der Waals surface area contributed by atoms with Crippen molar-refractivity contribution in [2.45, 2.75) is 19.5 Å². The van der Waals surface area contributed by atoms with E-state index in [-0.39, 0.29) is 12.6 Å². The molecule has 2 aromatic rings. The summed E-state index contributed by atoms with van der Waals surface area (Å²) in [4.78, 5) is 15.0. The van der Waals surface area contributed by atoms with Gasteiger partial charge in [0.25, 0.3) is 5.91 Å². The summed E-state index contributed by atoms with van der Waals surface area (Å²) < 4.78 is 5.31. The molecule has 0 radical (unpaired) electrons. The Labute approximate surface area is 158 Å². The minimum atomic E-state index is -0.508. The SMILES string of the molecule is CN=C(NCc1cccc(OCC(N)=O)c1)NC(C)c1ccccc1Cl. The fraction of sp³-hybridized carbons (Fsp3) is 0.263. The first-order valence-corrected chi connectivity index (χ1v) is 8.59. The lowest BCUT2D eigenvalue weighted by atomic mass is 10.1. The Balaban J connectivity index is 1.94. The number of carbonyl (C=O) groups excluding carboxylic acids is 1. The number of aliphatic imine (C=N–C) groups is 1. The zero-order valence-corrected chi connectivity index (χ0v) is 15.6. The second-order valence-corrected chi connectivity index (χ2v) is 6.12. The highest BCUT2D eigenvalue weighted by molar-refractivity contribution is 6.31. The number of amides is 1. The first-order chi connectivity index (χ1) is 12.5. The van der Waals surface area contributed by atoms with Crippen molar-refractivity contribution >= 4 is 23.5 Å². The highest BCUT2D eigenvalue weighted by Crippen LogP contribution is 2.22. The Hall–Kier alpha value is -2.73. The lowest BCUT2D eigenvalue weighted by Crippen LogP contribution is -2.38. The number of hydrogen-bond acceptors (Lipinski definition) is 3. The number of rotatable bonds is 7. The van der Waals surface area contributed by atoms with Crippen LogP contribution in [0.5, 0.6) is 5.75 Å². The summed E-state index contributed by atoms with van der Waals surface area (Å²) in [5.74, 6) is 0.739. The van der Waals surface area contributed by atoms with Gasteiger partial charge < -0.3 is 21.1 Å². The highest BCUT2D eigenvalue weighted by atomic mass is 35.5. The molecule has 2 rings (SSSR count). The molecule has 0 aliphatic rings. The van der Waals surface area contributed by atoms with Crippen LogP contribution in [0.2, 0.25) is 5.02 Å². The molecule has 2 aromatic carbocycles. The molecule has 4 N–H and O–H groups in total. The molecule has 0 bridgehead atoms. The number of nitrogens with one attached hydrogen (secondary N) is 2. The maximum atomic E-state index is 10.8. The standard InChI is InChI=1S/C19H23ClN4O2/c1-13(16-8-3-4-9-17(16)20)24-19(22-2)23-11-14-6-5-7-15(10-14)26-12-18(21)25/h3-10,13H,11-12H2,1-2H3,(H2,21,25)(H2,22,23,24). The van der Waals surface area contributed by atoms with Crippen LogP contribution >= 0.6 is 11.6 Å². The van der Waals surface area contributed by atoms with Gasteiger partial charge in [-0.3, -0.25) is 9.79 Å². The van der Waals surface area contributed by atoms with Gasteiger partial charge in [0, 0.05) is 18.6 Å². The molecule has 7 heteroatoms. The molecule has 1 amide bonds. The predicted molar refractivity (Wildman–Crippen MR) is 104 cm³/mol. The van der Waals surface area contributed by atoms with Crippen molar-refractivity contribution in [3.8, 4) is 5.75 Å². The lowest BCUT2D eigenvalue weighted by Gasteiger charge is -2.19. The number of halogens is 1. The van der Waals surface area contributed by atoms with Crippen molar-refractivity contribution in [3.63, 3.8) is 0 Å². The average Bonchev–Trinajstić information content (AvgIpc) is 2.64. The lowest BCUT2D eigenvalue weighted by molar-refractivity contribution is -0.119. The molecule has 0 saturated heterocycles. The van der Waals surface area contributed by atoms with Gasteiger partial charge in [0.1, 0.15) is 5.75 Å². The Bertz CT molecular complexity index is 780. The molecule has 0 aliphatic carbocycles. The van der Waals surface area contributed by atoms with Crippen LogP contribution in [-0.4, -0.2) is 25.5 Å². The summed E-state index contributed by atoms with van der Waals surface area (Å²) in [5, 5.41) is 7.27. The van der Waals surface area contributed by atoms with E-state index in [4.69, 9.17) is 22.1 Å². The van der Waals surface area contributed by atoms with Crippen molar-refractivity contribution in [2.75, 3.05) is 13.7 Å². The van der Waals surface area contributed by atoms with E-state index in [1.807, 2.05) is 49.4 Å². The molecular weight excluding hydrogens is 352 g/mol. The third-order valence-electron chi connectivity index (χ3n) is 3.69. The molecular formula is C19H23ClN4O2. The van der Waals surface area contributed by atoms with E-state index in [0.29, 0.717) is 23.3 Å². The molecule has 6 nitrogen and oxygen atoms in total. The number of primary amides is 1. The van der Waals surface area contributed by atoms with Crippen molar-refractivity contribution in [1.29, 1.82) is 0 Å². The Morgan fingerprint density at radius 1 is 1.27 bits per heavy atom. The number of nitrogens with two attached hydrogens (primary N) is 1. The van der Waals surface area contributed by atoms with Crippen LogP contribution in [0.25, 0.3) is 0 Å². The van der Waals surface area contributed by atoms with Crippen molar-refractivity contribution in [3.05, 3.63) is 64.7 Å². The van der Waals surface area contributed by atoms with Crippen molar-refractivity contribution < 1.29 is 9.53 Å². The van der Waals surface area contributed by atoms with E-state index in [1.165, 1.54) is 0 Å². The fourth-order valence-corrected chi connectivity index (χ4v) is 2.69. The normalized spacial score (nSPS) is 12.3. The number of carbonyl (C=O) groups is 1. The molecule has 0 heterocycles. The van der Waals surface area contributed by atoms with E-state index >= 15 is 0 Å². The minimum Gasteiger partial charge on any atom is -0.484 e. The highest BCUT2D eigenvalue weighted by Gasteiger charge is 2.10. The Morgan fingerprint density at radius 2 is 2.04 bits per heavy atom. The molecule has 0 spiro atoms. The van der Waals surface area contributed by atoms with Gasteiger partial charge in [0.15, 0.2) is 12.6 Å². The smallest absolute Gasteiger partial charge is 0.255 e. The zero-order chi connectivity index (χ0) is 18.9. The summed E-state index contributed by atoms with van der Waals surface area (Å²) >= 11 is 6.24. The van der Waals surface area contributed by atoms with Crippen LogP contribution in [-0.2, 0) is 11.3 Å². The van der Waals surface area contributed by atoms with E-state index in [0.717, 1.165) is 11.1 Å². The largest absolute Gasteiger partial charge is 0.484 e. The topological polar surface area (TPSA) is 88.7 Å². The summed E-state index contributed by atoms with van der Waals surface area (Å²) in [5.41, 5.74) is 7.08. The van der Waals surface area contributed by atoms with Gasteiger partial charge >= 0.3 is 0 Å². The Kier molecular flexibility index (Phi) is 7.29. The molecule has 0 aromatic heterocycles. The van der Waals surface area contributed by atoms with Crippen LogP contribution in [0.15, 0.2) is 53.5 Å². The van der Waals surface area contributed by atoms with Gasteiger partial charge in [-0.1, -0.05) is 41.9 Å². The summed E-state index contributed by atoms with van der Waals surface area (Å²) in [6, 6.07) is 15.1. The van der Waals surface area contributed by atoms with E-state index < -0.39 is 5.91 Å². The molecule has 26 heavy (non-hydrogen) atoms. The third-order valence-corrected chi connectivity index (χ3v) is 4.03. The summed E-state index contributed by atoms with van der Waals surface area (Å²) in [6.07, 6.45) is 0. The predicted octanol–water partition coefficient (Wildman–Crippen LogP) is 2.63. The van der Waals surface area contributed by atoms with Crippen LogP contribution in [0.3, 0.4) is 0 Å². The minimum absolute atomic E-state index is 0.000124. The van der Waals surface area contributed by atoms with Crippen molar-refractivity contribution in [1.82, 2.24) is 10.6 Å². The quantitative estimate of drug-likeness (QED) is 0.513. The second-order valence-electron chi connectivity index (χ2n) is 5.72. The summed E-state index contributed by atoms with van der Waals surface area (Å²) in [6.45, 7) is 2.42. The van der Waals surface area contributed by atoms with Gasteiger partial charge in [0.2, 0.25) is 0 Å². The second kappa shape index (κ2) is 9.68. The maximum Gasteiger partial charge on any atom is 0.255 e. The van der Waals surface area contributed by atoms with E-state index in [1.54, 1.807) is 13.1 Å². The molecule has 1 atom stereocenters. The van der Waals surface area contributed by atoms with Gasteiger partial charge in [0.05, 0.1) is 6.04 Å². The van der Waals surface area contributed by atoms with Gasteiger partial charge in [-0.05, 0) is 36.2 Å². The van der Waals surface area contributed by atoms with Crippen LogP contribution in [0, 0.1) is 0 Å². The van der Waals surface area contributed by atoms with E-state index in [9.17, 15) is 4.79 Å². The van der Waals surface area contributed by atoms with Gasteiger partial charge in [-0.2, -0.15) is 0 Å². The average molecular weight is 375 g/mol.